The molecule has 5 nitrogen and oxygen atoms in total. The number of benzene rings is 1. The van der Waals surface area contributed by atoms with Gasteiger partial charge in [-0.05, 0) is 25.5 Å². The van der Waals surface area contributed by atoms with Crippen molar-refractivity contribution in [2.75, 3.05) is 19.8 Å². The van der Waals surface area contributed by atoms with Crippen LogP contribution in [0.4, 0.5) is 4.39 Å². The maximum absolute atomic E-state index is 13.9. The third kappa shape index (κ3) is 4.68. The van der Waals surface area contributed by atoms with Crippen LogP contribution < -0.4 is 4.72 Å². The third-order valence-corrected chi connectivity index (χ3v) is 4.18. The smallest absolute Gasteiger partial charge is 0.243 e. The van der Waals surface area contributed by atoms with Crippen LogP contribution in [-0.4, -0.2) is 33.3 Å². The van der Waals surface area contributed by atoms with Crippen molar-refractivity contribution in [3.8, 4) is 0 Å². The number of rotatable bonds is 8. The fourth-order valence-corrected chi connectivity index (χ4v) is 3.05. The van der Waals surface area contributed by atoms with Gasteiger partial charge in [-0.15, -0.1) is 0 Å². The molecule has 1 rings (SSSR count). The van der Waals surface area contributed by atoms with E-state index in [4.69, 9.17) is 21.4 Å². The highest BCUT2D eigenvalue weighted by molar-refractivity contribution is 7.89. The van der Waals surface area contributed by atoms with Crippen molar-refractivity contribution in [3.05, 3.63) is 28.5 Å². The number of aliphatic hydroxyl groups excluding tert-OH is 1. The van der Waals surface area contributed by atoms with E-state index in [-0.39, 0.29) is 17.1 Å². The van der Waals surface area contributed by atoms with E-state index in [1.165, 1.54) is 6.07 Å². The largest absolute Gasteiger partial charge is 0.392 e. The maximum Gasteiger partial charge on any atom is 0.243 e. The van der Waals surface area contributed by atoms with Gasteiger partial charge in [0.05, 0.1) is 6.61 Å². The third-order valence-electron chi connectivity index (χ3n) is 2.50. The first-order valence-electron chi connectivity index (χ1n) is 6.08. The average molecular weight is 326 g/mol. The van der Waals surface area contributed by atoms with E-state index in [9.17, 15) is 12.8 Å². The van der Waals surface area contributed by atoms with Gasteiger partial charge in [0.15, 0.2) is 0 Å². The van der Waals surface area contributed by atoms with Crippen LogP contribution in [0.3, 0.4) is 0 Å². The summed E-state index contributed by atoms with van der Waals surface area (Å²) >= 11 is 5.72. The molecule has 8 heteroatoms. The number of sulfonamides is 1. The summed E-state index contributed by atoms with van der Waals surface area (Å²) in [5.74, 6) is -0.991. The second kappa shape index (κ2) is 7.90. The molecule has 0 saturated heterocycles. The SMILES string of the molecule is CCOCCCNS(=O)(=O)c1cc(Cl)cc(CO)c1F. The molecule has 0 spiro atoms. The Morgan fingerprint density at radius 3 is 2.75 bits per heavy atom. The summed E-state index contributed by atoms with van der Waals surface area (Å²) in [6, 6.07) is 2.20. The van der Waals surface area contributed by atoms with Crippen LogP contribution in [-0.2, 0) is 21.4 Å². The zero-order valence-corrected chi connectivity index (χ0v) is 12.6. The fraction of sp³-hybridized carbons (Fsp3) is 0.500. The molecule has 0 aromatic heterocycles. The molecule has 0 amide bonds. The summed E-state index contributed by atoms with van der Waals surface area (Å²) in [7, 11) is -4.01. The lowest BCUT2D eigenvalue weighted by Crippen LogP contribution is -2.26. The van der Waals surface area contributed by atoms with E-state index in [1.54, 1.807) is 0 Å². The Balaban J connectivity index is 2.84. The number of hydrogen-bond acceptors (Lipinski definition) is 4. The lowest BCUT2D eigenvalue weighted by molar-refractivity contribution is 0.146. The minimum atomic E-state index is -4.01. The molecule has 0 fully saturated rings. The molecule has 0 atom stereocenters. The molecule has 0 unspecified atom stereocenters. The van der Waals surface area contributed by atoms with Crippen molar-refractivity contribution in [2.24, 2.45) is 0 Å². The van der Waals surface area contributed by atoms with Crippen molar-refractivity contribution >= 4 is 21.6 Å². The van der Waals surface area contributed by atoms with Crippen LogP contribution in [0.2, 0.25) is 5.02 Å². The zero-order valence-electron chi connectivity index (χ0n) is 11.0. The van der Waals surface area contributed by atoms with Crippen LogP contribution in [0.15, 0.2) is 17.0 Å². The Hall–Kier alpha value is -0.730. The standard InChI is InChI=1S/C12H17ClFNO4S/c1-2-19-5-3-4-15-20(17,18)11-7-10(13)6-9(8-16)12(11)14/h6-7,15-16H,2-5,8H2,1H3. The summed E-state index contributed by atoms with van der Waals surface area (Å²) < 4.78 is 45.2. The van der Waals surface area contributed by atoms with E-state index in [0.29, 0.717) is 19.6 Å². The number of aliphatic hydroxyl groups is 1. The molecule has 114 valence electrons. The first kappa shape index (κ1) is 17.3. The van der Waals surface area contributed by atoms with Gasteiger partial charge >= 0.3 is 0 Å². The molecule has 2 N–H and O–H groups in total. The Labute approximate surface area is 122 Å². The average Bonchev–Trinajstić information content (AvgIpc) is 2.40. The highest BCUT2D eigenvalue weighted by atomic mass is 35.5. The minimum Gasteiger partial charge on any atom is -0.392 e. The molecular formula is C12H17ClFNO4S. The van der Waals surface area contributed by atoms with Crippen molar-refractivity contribution in [1.82, 2.24) is 4.72 Å². The Kier molecular flexibility index (Phi) is 6.84. The van der Waals surface area contributed by atoms with Crippen LogP contribution in [0.5, 0.6) is 0 Å². The number of nitrogens with one attached hydrogen (secondary N) is 1. The van der Waals surface area contributed by atoms with Crippen LogP contribution >= 0.6 is 11.6 Å². The summed E-state index contributed by atoms with van der Waals surface area (Å²) in [6.45, 7) is 2.30. The number of halogens is 2. The van der Waals surface area contributed by atoms with Gasteiger partial charge in [-0.3, -0.25) is 0 Å². The van der Waals surface area contributed by atoms with Gasteiger partial charge < -0.3 is 9.84 Å². The molecule has 1 aromatic carbocycles. The Bertz CT molecular complexity index is 551. The highest BCUT2D eigenvalue weighted by Crippen LogP contribution is 2.23. The van der Waals surface area contributed by atoms with Crippen molar-refractivity contribution in [3.63, 3.8) is 0 Å². The molecule has 1 aromatic rings. The maximum atomic E-state index is 13.9. The monoisotopic (exact) mass is 325 g/mol. The van der Waals surface area contributed by atoms with E-state index in [0.717, 1.165) is 6.07 Å². The van der Waals surface area contributed by atoms with Gasteiger partial charge in [-0.25, -0.2) is 17.5 Å². The molecular weight excluding hydrogens is 309 g/mol. The fourth-order valence-electron chi connectivity index (χ4n) is 1.53. The quantitative estimate of drug-likeness (QED) is 0.713. The van der Waals surface area contributed by atoms with E-state index in [2.05, 4.69) is 4.72 Å². The van der Waals surface area contributed by atoms with E-state index < -0.39 is 27.3 Å². The minimum absolute atomic E-state index is 0.0464. The molecule has 0 heterocycles. The molecule has 20 heavy (non-hydrogen) atoms. The number of hydrogen-bond donors (Lipinski definition) is 2. The molecule has 0 aliphatic carbocycles. The van der Waals surface area contributed by atoms with Gasteiger partial charge in [-0.2, -0.15) is 0 Å². The summed E-state index contributed by atoms with van der Waals surface area (Å²) in [5, 5.41) is 9.02. The van der Waals surface area contributed by atoms with Crippen molar-refractivity contribution < 1.29 is 22.7 Å². The Morgan fingerprint density at radius 2 is 2.15 bits per heavy atom. The number of ether oxygens (including phenoxy) is 1. The van der Waals surface area contributed by atoms with Crippen LogP contribution in [0.1, 0.15) is 18.9 Å². The van der Waals surface area contributed by atoms with Gasteiger partial charge in [-0.1, -0.05) is 11.6 Å². The van der Waals surface area contributed by atoms with Crippen LogP contribution in [0, 0.1) is 5.82 Å². The highest BCUT2D eigenvalue weighted by Gasteiger charge is 2.21. The topological polar surface area (TPSA) is 75.6 Å². The van der Waals surface area contributed by atoms with Gasteiger partial charge in [0.2, 0.25) is 10.0 Å². The summed E-state index contributed by atoms with van der Waals surface area (Å²) in [5.41, 5.74) is -0.160. The van der Waals surface area contributed by atoms with Crippen molar-refractivity contribution in [1.29, 1.82) is 0 Å². The molecule has 0 aliphatic rings. The second-order valence-corrected chi connectivity index (χ2v) is 6.16. The van der Waals surface area contributed by atoms with Gasteiger partial charge in [0.1, 0.15) is 10.7 Å². The lowest BCUT2D eigenvalue weighted by atomic mass is 10.2. The summed E-state index contributed by atoms with van der Waals surface area (Å²) in [6.07, 6.45) is 0.474. The van der Waals surface area contributed by atoms with Crippen LogP contribution in [0.25, 0.3) is 0 Å². The van der Waals surface area contributed by atoms with Gasteiger partial charge in [0.25, 0.3) is 0 Å². The van der Waals surface area contributed by atoms with Gasteiger partial charge in [0, 0.05) is 30.3 Å². The predicted octanol–water partition coefficient (Wildman–Crippen LogP) is 1.68. The first-order chi connectivity index (χ1) is 9.42. The predicted molar refractivity (Wildman–Crippen MR) is 73.6 cm³/mol. The normalized spacial score (nSPS) is 11.8. The molecule has 0 saturated carbocycles. The molecule has 0 bridgehead atoms. The summed E-state index contributed by atoms with van der Waals surface area (Å²) in [4.78, 5) is -0.564. The second-order valence-electron chi connectivity index (χ2n) is 3.98. The molecule has 0 aliphatic heterocycles. The van der Waals surface area contributed by atoms with E-state index in [1.807, 2.05) is 6.92 Å². The Morgan fingerprint density at radius 1 is 1.45 bits per heavy atom. The van der Waals surface area contributed by atoms with Crippen molar-refractivity contribution in [2.45, 2.75) is 24.8 Å². The molecule has 0 radical (unpaired) electrons. The zero-order chi connectivity index (χ0) is 15.2. The van der Waals surface area contributed by atoms with E-state index >= 15 is 0 Å². The lowest BCUT2D eigenvalue weighted by Gasteiger charge is -2.10. The first-order valence-corrected chi connectivity index (χ1v) is 7.94.